The van der Waals surface area contributed by atoms with E-state index in [0.717, 1.165) is 19.3 Å². The highest BCUT2D eigenvalue weighted by Crippen LogP contribution is 2.32. The highest BCUT2D eigenvalue weighted by Gasteiger charge is 2.42. The quantitative estimate of drug-likeness (QED) is 0.416. The highest BCUT2D eigenvalue weighted by atomic mass is 16.7. The Bertz CT molecular complexity index is 401. The van der Waals surface area contributed by atoms with Gasteiger partial charge in [0.1, 0.15) is 12.7 Å². The van der Waals surface area contributed by atoms with E-state index in [1.54, 1.807) is 20.8 Å². The van der Waals surface area contributed by atoms with Crippen LogP contribution >= 0.6 is 0 Å². The van der Waals surface area contributed by atoms with Crippen LogP contribution in [0.3, 0.4) is 0 Å². The minimum atomic E-state index is -0.673. The van der Waals surface area contributed by atoms with Crippen LogP contribution in [0.2, 0.25) is 0 Å². The van der Waals surface area contributed by atoms with Crippen molar-refractivity contribution in [3.63, 3.8) is 0 Å². The molecule has 0 aromatic heterocycles. The van der Waals surface area contributed by atoms with Crippen molar-refractivity contribution in [2.75, 3.05) is 13.2 Å². The van der Waals surface area contributed by atoms with Gasteiger partial charge in [-0.05, 0) is 46.0 Å². The first kappa shape index (κ1) is 21.1. The van der Waals surface area contributed by atoms with Gasteiger partial charge in [-0.3, -0.25) is 4.79 Å². The second kappa shape index (κ2) is 9.54. The smallest absolute Gasteiger partial charge is 0.311 e. The van der Waals surface area contributed by atoms with E-state index in [4.69, 9.17) is 14.2 Å². The lowest BCUT2D eigenvalue weighted by Crippen LogP contribution is -2.52. The molecular weight excluding hydrogens is 308 g/mol. The monoisotopic (exact) mass is 342 g/mol. The summed E-state index contributed by atoms with van der Waals surface area (Å²) in [7, 11) is 0. The van der Waals surface area contributed by atoms with Crippen LogP contribution in [0.5, 0.6) is 0 Å². The van der Waals surface area contributed by atoms with E-state index in [1.807, 2.05) is 19.9 Å². The summed E-state index contributed by atoms with van der Waals surface area (Å²) in [5, 5.41) is 10.4. The Balaban J connectivity index is 2.53. The molecule has 0 aromatic carbocycles. The molecule has 0 amide bonds. The van der Waals surface area contributed by atoms with Crippen molar-refractivity contribution in [2.45, 2.75) is 72.4 Å². The van der Waals surface area contributed by atoms with Crippen molar-refractivity contribution in [1.29, 1.82) is 0 Å². The molecule has 0 bridgehead atoms. The van der Waals surface area contributed by atoms with Crippen LogP contribution in [0.25, 0.3) is 0 Å². The number of hydrogen-bond donors (Lipinski definition) is 1. The number of carbonyl (C=O) groups is 1. The third-order valence-corrected chi connectivity index (χ3v) is 4.56. The number of unbranched alkanes of at least 4 members (excludes halogenated alkanes) is 2. The first-order valence-electron chi connectivity index (χ1n) is 8.91. The Morgan fingerprint density at radius 3 is 2.50 bits per heavy atom. The molecule has 5 atom stereocenters. The lowest BCUT2D eigenvalue weighted by molar-refractivity contribution is -0.270. The van der Waals surface area contributed by atoms with E-state index in [0.29, 0.717) is 6.61 Å². The summed E-state index contributed by atoms with van der Waals surface area (Å²) in [5.74, 6) is -0.212. The normalized spacial score (nSPS) is 30.8. The fourth-order valence-electron chi connectivity index (χ4n) is 2.57. The number of ether oxygens (including phenoxy) is 3. The first-order valence-corrected chi connectivity index (χ1v) is 8.91. The van der Waals surface area contributed by atoms with E-state index in [-0.39, 0.29) is 30.7 Å². The molecule has 0 radical (unpaired) electrons. The number of aliphatic hydroxyl groups is 1. The summed E-state index contributed by atoms with van der Waals surface area (Å²) < 4.78 is 17.1. The van der Waals surface area contributed by atoms with Gasteiger partial charge in [0.25, 0.3) is 0 Å². The minimum Gasteiger partial charge on any atom is -0.462 e. The maximum absolute atomic E-state index is 11.9. The van der Waals surface area contributed by atoms with Crippen LogP contribution in [0.1, 0.15) is 53.9 Å². The van der Waals surface area contributed by atoms with E-state index >= 15 is 0 Å². The average molecular weight is 342 g/mol. The lowest BCUT2D eigenvalue weighted by Gasteiger charge is -2.42. The molecule has 1 rings (SSSR count). The van der Waals surface area contributed by atoms with Crippen molar-refractivity contribution >= 4 is 5.97 Å². The number of esters is 1. The zero-order valence-corrected chi connectivity index (χ0v) is 15.8. The zero-order valence-electron chi connectivity index (χ0n) is 15.8. The second-order valence-corrected chi connectivity index (χ2v) is 7.76. The number of hydrogen-bond acceptors (Lipinski definition) is 5. The van der Waals surface area contributed by atoms with Gasteiger partial charge < -0.3 is 19.3 Å². The molecule has 0 saturated carbocycles. The molecule has 0 aromatic rings. The van der Waals surface area contributed by atoms with E-state index in [1.165, 1.54) is 0 Å². The number of carbonyl (C=O) groups excluding carboxylic acids is 1. The molecule has 5 nitrogen and oxygen atoms in total. The maximum Gasteiger partial charge on any atom is 0.311 e. The van der Waals surface area contributed by atoms with Crippen LogP contribution in [0.4, 0.5) is 0 Å². The fourth-order valence-corrected chi connectivity index (χ4v) is 2.57. The van der Waals surface area contributed by atoms with Gasteiger partial charge in [0.2, 0.25) is 0 Å². The number of rotatable bonds is 8. The van der Waals surface area contributed by atoms with Crippen molar-refractivity contribution in [3.8, 4) is 0 Å². The van der Waals surface area contributed by atoms with Crippen molar-refractivity contribution in [1.82, 2.24) is 0 Å². The molecular formula is C19H34O5. The SMILES string of the molecule is C=CCCCCOC1OC(COC(=O)C(C)(C)C)C(O)C(C)C1C. The molecule has 1 heterocycles. The van der Waals surface area contributed by atoms with Gasteiger partial charge >= 0.3 is 5.97 Å². The van der Waals surface area contributed by atoms with E-state index in [2.05, 4.69) is 6.58 Å². The van der Waals surface area contributed by atoms with Crippen LogP contribution in [-0.2, 0) is 19.0 Å². The van der Waals surface area contributed by atoms with Gasteiger partial charge in [-0.25, -0.2) is 0 Å². The van der Waals surface area contributed by atoms with Crippen LogP contribution in [0, 0.1) is 17.3 Å². The Morgan fingerprint density at radius 1 is 1.25 bits per heavy atom. The first-order chi connectivity index (χ1) is 11.2. The van der Waals surface area contributed by atoms with Gasteiger partial charge in [-0.1, -0.05) is 19.9 Å². The Hall–Kier alpha value is -0.910. The minimum absolute atomic E-state index is 0.00950. The second-order valence-electron chi connectivity index (χ2n) is 7.76. The molecule has 140 valence electrons. The molecule has 1 aliphatic rings. The Morgan fingerprint density at radius 2 is 1.92 bits per heavy atom. The van der Waals surface area contributed by atoms with Gasteiger partial charge in [0.15, 0.2) is 6.29 Å². The molecule has 1 fully saturated rings. The van der Waals surface area contributed by atoms with Crippen LogP contribution in [-0.4, -0.2) is 42.8 Å². The number of aliphatic hydroxyl groups excluding tert-OH is 1. The molecule has 5 unspecified atom stereocenters. The summed E-state index contributed by atoms with van der Waals surface area (Å²) >= 11 is 0. The van der Waals surface area contributed by atoms with Gasteiger partial charge in [0, 0.05) is 12.5 Å². The highest BCUT2D eigenvalue weighted by molar-refractivity contribution is 5.75. The topological polar surface area (TPSA) is 65.0 Å². The molecule has 1 N–H and O–H groups in total. The van der Waals surface area contributed by atoms with Gasteiger partial charge in [-0.2, -0.15) is 0 Å². The van der Waals surface area contributed by atoms with Crippen molar-refractivity contribution in [2.24, 2.45) is 17.3 Å². The van der Waals surface area contributed by atoms with Gasteiger partial charge in [0.05, 0.1) is 11.5 Å². The maximum atomic E-state index is 11.9. The third kappa shape index (κ3) is 6.19. The summed E-state index contributed by atoms with van der Waals surface area (Å²) in [5.41, 5.74) is -0.570. The Kier molecular flexibility index (Phi) is 8.40. The summed E-state index contributed by atoms with van der Waals surface area (Å²) in [6, 6.07) is 0. The standard InChI is InChI=1S/C19H34O5/c1-7-8-9-10-11-22-17-14(3)13(2)16(20)15(24-17)12-23-18(21)19(4,5)6/h7,13-17,20H,1,8-12H2,2-6H3. The van der Waals surface area contributed by atoms with E-state index in [9.17, 15) is 9.90 Å². The van der Waals surface area contributed by atoms with Crippen LogP contribution in [0.15, 0.2) is 12.7 Å². The number of allylic oxidation sites excluding steroid dienone is 1. The van der Waals surface area contributed by atoms with Crippen molar-refractivity contribution < 1.29 is 24.1 Å². The molecule has 1 aliphatic heterocycles. The predicted molar refractivity (Wildman–Crippen MR) is 93.4 cm³/mol. The zero-order chi connectivity index (χ0) is 18.3. The third-order valence-electron chi connectivity index (χ3n) is 4.56. The molecule has 0 spiro atoms. The lowest BCUT2D eigenvalue weighted by atomic mass is 9.85. The molecule has 0 aliphatic carbocycles. The predicted octanol–water partition coefficient (Wildman–Crippen LogP) is 3.31. The summed E-state index contributed by atoms with van der Waals surface area (Å²) in [6.45, 7) is 13.8. The Labute approximate surface area is 146 Å². The average Bonchev–Trinajstić information content (AvgIpc) is 2.52. The fraction of sp³-hybridized carbons (Fsp3) is 0.842. The van der Waals surface area contributed by atoms with Crippen molar-refractivity contribution in [3.05, 3.63) is 12.7 Å². The summed E-state index contributed by atoms with van der Waals surface area (Å²) in [4.78, 5) is 11.9. The van der Waals surface area contributed by atoms with Crippen LogP contribution < -0.4 is 0 Å². The molecule has 5 heteroatoms. The summed E-state index contributed by atoms with van der Waals surface area (Å²) in [6.07, 6.45) is 3.25. The van der Waals surface area contributed by atoms with E-state index < -0.39 is 17.6 Å². The largest absolute Gasteiger partial charge is 0.462 e. The molecule has 1 saturated heterocycles. The molecule has 24 heavy (non-hydrogen) atoms. The van der Waals surface area contributed by atoms with Gasteiger partial charge in [-0.15, -0.1) is 6.58 Å².